The molecule has 4 aromatic rings. The number of nitrogens with one attached hydrogen (secondary N) is 2. The molecule has 0 radical (unpaired) electrons. The van der Waals surface area contributed by atoms with E-state index in [9.17, 15) is 13.2 Å². The van der Waals surface area contributed by atoms with Gasteiger partial charge in [0, 0.05) is 35.1 Å². The van der Waals surface area contributed by atoms with Crippen LogP contribution < -0.4 is 10.0 Å². The number of amides is 1. The number of aromatic nitrogens is 2. The molecule has 0 saturated carbocycles. The van der Waals surface area contributed by atoms with Crippen molar-refractivity contribution in [2.75, 3.05) is 5.32 Å². The van der Waals surface area contributed by atoms with Crippen molar-refractivity contribution in [3.05, 3.63) is 84.7 Å². The van der Waals surface area contributed by atoms with Gasteiger partial charge in [0.05, 0.1) is 21.7 Å². The second-order valence-electron chi connectivity index (χ2n) is 7.56. The molecule has 2 heterocycles. The molecule has 0 aliphatic carbocycles. The molecule has 0 atom stereocenters. The van der Waals surface area contributed by atoms with E-state index < -0.39 is 10.0 Å². The zero-order valence-electron chi connectivity index (χ0n) is 17.6. The van der Waals surface area contributed by atoms with E-state index >= 15 is 0 Å². The van der Waals surface area contributed by atoms with Gasteiger partial charge in [-0.25, -0.2) is 18.1 Å². The standard InChI is InChI=1S/C24H22N4O3S/c1-16(2)28-32(30,31)19-9-7-18(8-10-19)26-24(29)21-15-23(17-11-13-25-14-12-17)27-22-6-4-3-5-20(21)22/h3-16,28H,1-2H3,(H,26,29). The van der Waals surface area contributed by atoms with Gasteiger partial charge in [-0.15, -0.1) is 0 Å². The van der Waals surface area contributed by atoms with Crippen molar-refractivity contribution < 1.29 is 13.2 Å². The monoisotopic (exact) mass is 446 g/mol. The molecule has 7 nitrogen and oxygen atoms in total. The third-order valence-electron chi connectivity index (χ3n) is 4.75. The molecule has 0 unspecified atom stereocenters. The number of benzene rings is 2. The first kappa shape index (κ1) is 21.6. The molecule has 2 aromatic carbocycles. The van der Waals surface area contributed by atoms with Crippen LogP contribution >= 0.6 is 0 Å². The first-order valence-corrected chi connectivity index (χ1v) is 11.6. The lowest BCUT2D eigenvalue weighted by molar-refractivity contribution is 0.102. The van der Waals surface area contributed by atoms with E-state index in [0.29, 0.717) is 22.5 Å². The highest BCUT2D eigenvalue weighted by molar-refractivity contribution is 7.89. The lowest BCUT2D eigenvalue weighted by Crippen LogP contribution is -2.30. The Hall–Kier alpha value is -3.62. The predicted octanol–water partition coefficient (Wildman–Crippen LogP) is 4.24. The fourth-order valence-electron chi connectivity index (χ4n) is 3.33. The van der Waals surface area contributed by atoms with E-state index in [4.69, 9.17) is 0 Å². The smallest absolute Gasteiger partial charge is 0.256 e. The lowest BCUT2D eigenvalue weighted by atomic mass is 10.0. The summed E-state index contributed by atoms with van der Waals surface area (Å²) in [6.07, 6.45) is 3.35. The molecule has 4 rings (SSSR count). The number of sulfonamides is 1. The fourth-order valence-corrected chi connectivity index (χ4v) is 4.58. The van der Waals surface area contributed by atoms with Gasteiger partial charge in [0.1, 0.15) is 0 Å². The van der Waals surface area contributed by atoms with Crippen LogP contribution in [0.15, 0.2) is 84.0 Å². The van der Waals surface area contributed by atoms with Gasteiger partial charge >= 0.3 is 0 Å². The van der Waals surface area contributed by atoms with E-state index in [1.807, 2.05) is 36.4 Å². The molecule has 162 valence electrons. The molecular formula is C24H22N4O3S. The van der Waals surface area contributed by atoms with Crippen LogP contribution in [0.5, 0.6) is 0 Å². The number of rotatable bonds is 6. The van der Waals surface area contributed by atoms with Crippen molar-refractivity contribution in [2.45, 2.75) is 24.8 Å². The second-order valence-corrected chi connectivity index (χ2v) is 9.28. The first-order valence-electron chi connectivity index (χ1n) is 10.1. The Morgan fingerprint density at radius 1 is 0.938 bits per heavy atom. The molecule has 0 bridgehead atoms. The quantitative estimate of drug-likeness (QED) is 0.461. The zero-order chi connectivity index (χ0) is 22.7. The van der Waals surface area contributed by atoms with Crippen molar-refractivity contribution in [3.8, 4) is 11.3 Å². The van der Waals surface area contributed by atoms with E-state index in [0.717, 1.165) is 10.9 Å². The number of anilines is 1. The Balaban J connectivity index is 1.66. The maximum absolute atomic E-state index is 13.2. The molecule has 0 aliphatic heterocycles. The molecule has 1 amide bonds. The molecule has 0 saturated heterocycles. The molecule has 8 heteroatoms. The Morgan fingerprint density at radius 3 is 2.31 bits per heavy atom. The third kappa shape index (κ3) is 4.66. The largest absolute Gasteiger partial charge is 0.322 e. The van der Waals surface area contributed by atoms with Gasteiger partial charge in [-0.1, -0.05) is 18.2 Å². The summed E-state index contributed by atoms with van der Waals surface area (Å²) in [6.45, 7) is 3.51. The molecule has 2 N–H and O–H groups in total. The van der Waals surface area contributed by atoms with Gasteiger partial charge in [0.25, 0.3) is 5.91 Å². The van der Waals surface area contributed by atoms with Crippen molar-refractivity contribution >= 4 is 32.5 Å². The minimum absolute atomic E-state index is 0.138. The number of carbonyl (C=O) groups excluding carboxylic acids is 1. The summed E-state index contributed by atoms with van der Waals surface area (Å²) in [6, 6.07) is 18.7. The molecule has 0 fully saturated rings. The summed E-state index contributed by atoms with van der Waals surface area (Å²) in [4.78, 5) is 22.0. The molecule has 2 aromatic heterocycles. The topological polar surface area (TPSA) is 101 Å². The number of hydrogen-bond acceptors (Lipinski definition) is 5. The van der Waals surface area contributed by atoms with E-state index in [1.165, 1.54) is 12.1 Å². The van der Waals surface area contributed by atoms with Crippen molar-refractivity contribution in [2.24, 2.45) is 0 Å². The molecule has 0 aliphatic rings. The third-order valence-corrected chi connectivity index (χ3v) is 6.42. The van der Waals surface area contributed by atoms with Crippen LogP contribution in [0, 0.1) is 0 Å². The van der Waals surface area contributed by atoms with E-state index in [-0.39, 0.29) is 16.8 Å². The fraction of sp³-hybridized carbons (Fsp3) is 0.125. The second kappa shape index (κ2) is 8.86. The summed E-state index contributed by atoms with van der Waals surface area (Å²) in [5, 5.41) is 3.58. The summed E-state index contributed by atoms with van der Waals surface area (Å²) in [5.41, 5.74) is 3.18. The minimum atomic E-state index is -3.60. The normalized spacial score (nSPS) is 11.6. The predicted molar refractivity (Wildman–Crippen MR) is 125 cm³/mol. The Bertz CT molecular complexity index is 1370. The van der Waals surface area contributed by atoms with Crippen molar-refractivity contribution in [1.82, 2.24) is 14.7 Å². The number of fused-ring (bicyclic) bond motifs is 1. The van der Waals surface area contributed by atoms with Gasteiger partial charge < -0.3 is 5.32 Å². The van der Waals surface area contributed by atoms with Gasteiger partial charge in [-0.2, -0.15) is 0 Å². The summed E-state index contributed by atoms with van der Waals surface area (Å²) >= 11 is 0. The highest BCUT2D eigenvalue weighted by Gasteiger charge is 2.17. The Morgan fingerprint density at radius 2 is 1.62 bits per heavy atom. The van der Waals surface area contributed by atoms with Crippen LogP contribution in [0.2, 0.25) is 0 Å². The van der Waals surface area contributed by atoms with Crippen LogP contribution in [-0.4, -0.2) is 30.3 Å². The average molecular weight is 447 g/mol. The first-order chi connectivity index (χ1) is 15.3. The number of hydrogen-bond donors (Lipinski definition) is 2. The lowest BCUT2D eigenvalue weighted by Gasteiger charge is -2.12. The van der Waals surface area contributed by atoms with E-state index in [2.05, 4.69) is 20.0 Å². The Labute approximate surface area is 186 Å². The van der Waals surface area contributed by atoms with Crippen LogP contribution in [-0.2, 0) is 10.0 Å². The van der Waals surface area contributed by atoms with E-state index in [1.54, 1.807) is 44.4 Å². The zero-order valence-corrected chi connectivity index (χ0v) is 18.4. The van der Waals surface area contributed by atoms with Crippen LogP contribution in [0.25, 0.3) is 22.2 Å². The van der Waals surface area contributed by atoms with Crippen LogP contribution in [0.4, 0.5) is 5.69 Å². The number of pyridine rings is 2. The van der Waals surface area contributed by atoms with Crippen LogP contribution in [0.3, 0.4) is 0 Å². The Kier molecular flexibility index (Phi) is 5.98. The maximum Gasteiger partial charge on any atom is 0.256 e. The summed E-state index contributed by atoms with van der Waals surface area (Å²) in [5.74, 6) is -0.310. The number of nitrogens with zero attached hydrogens (tertiary/aromatic N) is 2. The van der Waals surface area contributed by atoms with Crippen LogP contribution in [0.1, 0.15) is 24.2 Å². The SMILES string of the molecule is CC(C)NS(=O)(=O)c1ccc(NC(=O)c2cc(-c3ccncc3)nc3ccccc23)cc1. The molecular weight excluding hydrogens is 424 g/mol. The number of para-hydroxylation sites is 1. The highest BCUT2D eigenvalue weighted by atomic mass is 32.2. The summed E-state index contributed by atoms with van der Waals surface area (Å²) < 4.78 is 27.1. The minimum Gasteiger partial charge on any atom is -0.322 e. The van der Waals surface area contributed by atoms with Crippen molar-refractivity contribution in [1.29, 1.82) is 0 Å². The average Bonchev–Trinajstić information content (AvgIpc) is 2.78. The summed E-state index contributed by atoms with van der Waals surface area (Å²) in [7, 11) is -3.60. The number of carbonyl (C=O) groups is 1. The van der Waals surface area contributed by atoms with Gasteiger partial charge in [0.2, 0.25) is 10.0 Å². The van der Waals surface area contributed by atoms with Gasteiger partial charge in [0.15, 0.2) is 0 Å². The van der Waals surface area contributed by atoms with Gasteiger partial charge in [-0.05, 0) is 62.4 Å². The maximum atomic E-state index is 13.2. The molecule has 0 spiro atoms. The van der Waals surface area contributed by atoms with Gasteiger partial charge in [-0.3, -0.25) is 9.78 Å². The van der Waals surface area contributed by atoms with Crippen molar-refractivity contribution in [3.63, 3.8) is 0 Å². The highest BCUT2D eigenvalue weighted by Crippen LogP contribution is 2.25. The molecule has 32 heavy (non-hydrogen) atoms.